The van der Waals surface area contributed by atoms with Crippen LogP contribution in [0.2, 0.25) is 0 Å². The number of fused-ring (bicyclic) bond motifs is 13. The Morgan fingerprint density at radius 3 is 1.70 bits per heavy atom. The van der Waals surface area contributed by atoms with Crippen LogP contribution in [0.3, 0.4) is 0 Å². The zero-order chi connectivity index (χ0) is 35.3. The van der Waals surface area contributed by atoms with E-state index in [4.69, 9.17) is 9.40 Å². The van der Waals surface area contributed by atoms with Crippen molar-refractivity contribution >= 4 is 76.6 Å². The molecular weight excluding hydrogens is 661 g/mol. The third kappa shape index (κ3) is 3.90. The van der Waals surface area contributed by atoms with E-state index >= 15 is 0 Å². The molecule has 4 heterocycles. The fourth-order valence-corrected chi connectivity index (χ4v) is 8.88. The first-order valence-electron chi connectivity index (χ1n) is 18.3. The molecule has 0 saturated heterocycles. The third-order valence-electron chi connectivity index (χ3n) is 11.0. The van der Waals surface area contributed by atoms with E-state index in [0.29, 0.717) is 0 Å². The van der Waals surface area contributed by atoms with E-state index in [1.54, 1.807) is 0 Å². The highest BCUT2D eigenvalue weighted by Gasteiger charge is 2.29. The van der Waals surface area contributed by atoms with Crippen LogP contribution in [-0.4, -0.2) is 18.7 Å². The molecular formula is C49H30N4O. The lowest BCUT2D eigenvalue weighted by molar-refractivity contribution is 0.671. The molecule has 0 saturated carbocycles. The highest BCUT2D eigenvalue weighted by Crippen LogP contribution is 2.50. The van der Waals surface area contributed by atoms with E-state index < -0.39 is 0 Å². The summed E-state index contributed by atoms with van der Waals surface area (Å²) < 4.78 is 14.1. The number of imidazole rings is 1. The minimum absolute atomic E-state index is 0.875. The van der Waals surface area contributed by atoms with Crippen LogP contribution >= 0.6 is 0 Å². The Morgan fingerprint density at radius 2 is 0.944 bits per heavy atom. The van der Waals surface area contributed by atoms with Crippen molar-refractivity contribution in [2.75, 3.05) is 0 Å². The number of hydrogen-bond donors (Lipinski definition) is 0. The Bertz CT molecular complexity index is 3440. The molecule has 0 aliphatic heterocycles. The van der Waals surface area contributed by atoms with Gasteiger partial charge in [0.15, 0.2) is 5.58 Å². The lowest BCUT2D eigenvalue weighted by atomic mass is 10.0. The number of nitrogens with zero attached hydrogens (tertiary/aromatic N) is 4. The predicted molar refractivity (Wildman–Crippen MR) is 222 cm³/mol. The Morgan fingerprint density at radius 1 is 0.389 bits per heavy atom. The molecule has 5 heteroatoms. The van der Waals surface area contributed by atoms with Crippen LogP contribution in [0.1, 0.15) is 0 Å². The highest BCUT2D eigenvalue weighted by molar-refractivity contribution is 6.39. The maximum atomic E-state index is 6.98. The van der Waals surface area contributed by atoms with Crippen molar-refractivity contribution in [3.8, 4) is 28.5 Å². The van der Waals surface area contributed by atoms with Crippen molar-refractivity contribution in [1.29, 1.82) is 0 Å². The lowest BCUT2D eigenvalue weighted by Gasteiger charge is -2.16. The molecule has 8 aromatic carbocycles. The number of benzene rings is 8. The molecule has 0 aliphatic carbocycles. The molecule has 4 aromatic heterocycles. The van der Waals surface area contributed by atoms with Crippen LogP contribution in [0.4, 0.5) is 0 Å². The molecule has 252 valence electrons. The van der Waals surface area contributed by atoms with Crippen molar-refractivity contribution in [1.82, 2.24) is 18.7 Å². The van der Waals surface area contributed by atoms with Gasteiger partial charge in [0.1, 0.15) is 11.4 Å². The van der Waals surface area contributed by atoms with Crippen molar-refractivity contribution < 1.29 is 4.42 Å². The van der Waals surface area contributed by atoms with Crippen molar-refractivity contribution in [2.45, 2.75) is 0 Å². The molecule has 0 atom stereocenters. The number of hydrogen-bond acceptors (Lipinski definition) is 2. The Labute approximate surface area is 309 Å². The fraction of sp³-hybridized carbons (Fsp3) is 0. The average Bonchev–Trinajstić information content (AvgIpc) is 3.99. The second-order valence-electron chi connectivity index (χ2n) is 13.9. The van der Waals surface area contributed by atoms with Crippen molar-refractivity contribution in [3.05, 3.63) is 182 Å². The van der Waals surface area contributed by atoms with Gasteiger partial charge in [0, 0.05) is 49.3 Å². The zero-order valence-corrected chi connectivity index (χ0v) is 29.0. The first-order chi connectivity index (χ1) is 26.8. The normalized spacial score (nSPS) is 12.1. The minimum Gasteiger partial charge on any atom is -0.454 e. The van der Waals surface area contributed by atoms with Crippen LogP contribution in [0.25, 0.3) is 105 Å². The number of rotatable bonds is 4. The standard InChI is InChI=1S/C49H30N4O/c1-3-17-31(18-4-1)51-38-26-12-8-22-34(38)45-46-43(44-36-24-10-16-30-42(36)54-48(44)47(45)51)33-21-7-13-27-39(33)53(46)40-28-14-9-23-35(40)49-50-37-25-11-15-29-41(37)52(49)32-19-5-2-6-20-32/h1-30H. The van der Waals surface area contributed by atoms with E-state index in [1.807, 2.05) is 0 Å². The maximum absolute atomic E-state index is 6.98. The first-order valence-corrected chi connectivity index (χ1v) is 18.3. The summed E-state index contributed by atoms with van der Waals surface area (Å²) in [5.41, 5.74) is 12.5. The van der Waals surface area contributed by atoms with Gasteiger partial charge >= 0.3 is 0 Å². The van der Waals surface area contributed by atoms with Crippen molar-refractivity contribution in [2.24, 2.45) is 0 Å². The monoisotopic (exact) mass is 690 g/mol. The summed E-state index contributed by atoms with van der Waals surface area (Å²) in [5, 5.41) is 6.90. The molecule has 12 aromatic rings. The smallest absolute Gasteiger partial charge is 0.160 e. The number of furan rings is 1. The third-order valence-corrected chi connectivity index (χ3v) is 11.0. The van der Waals surface area contributed by atoms with Gasteiger partial charge in [0.2, 0.25) is 0 Å². The van der Waals surface area contributed by atoms with Crippen molar-refractivity contribution in [3.63, 3.8) is 0 Å². The van der Waals surface area contributed by atoms with Gasteiger partial charge in [-0.3, -0.25) is 4.57 Å². The Hall–Kier alpha value is -7.37. The quantitative estimate of drug-likeness (QED) is 0.184. The second kappa shape index (κ2) is 11.1. The van der Waals surface area contributed by atoms with Gasteiger partial charge < -0.3 is 13.6 Å². The molecule has 0 amide bonds. The van der Waals surface area contributed by atoms with Gasteiger partial charge in [0.05, 0.1) is 38.8 Å². The van der Waals surface area contributed by atoms with Gasteiger partial charge in [-0.2, -0.15) is 0 Å². The molecule has 0 radical (unpaired) electrons. The largest absolute Gasteiger partial charge is 0.454 e. The van der Waals surface area contributed by atoms with E-state index in [1.165, 1.54) is 16.2 Å². The zero-order valence-electron chi connectivity index (χ0n) is 29.0. The molecule has 0 fully saturated rings. The second-order valence-corrected chi connectivity index (χ2v) is 13.9. The van der Waals surface area contributed by atoms with Gasteiger partial charge in [-0.15, -0.1) is 0 Å². The maximum Gasteiger partial charge on any atom is 0.160 e. The van der Waals surface area contributed by atoms with Gasteiger partial charge in [-0.05, 0) is 66.7 Å². The summed E-state index contributed by atoms with van der Waals surface area (Å²) in [7, 11) is 0. The molecule has 12 rings (SSSR count). The van der Waals surface area contributed by atoms with Crippen LogP contribution < -0.4 is 0 Å². The molecule has 0 unspecified atom stereocenters. The molecule has 54 heavy (non-hydrogen) atoms. The molecule has 5 nitrogen and oxygen atoms in total. The van der Waals surface area contributed by atoms with E-state index in [-0.39, 0.29) is 0 Å². The van der Waals surface area contributed by atoms with Gasteiger partial charge in [-0.1, -0.05) is 115 Å². The Balaban J connectivity index is 1.33. The van der Waals surface area contributed by atoms with Gasteiger partial charge in [-0.25, -0.2) is 4.98 Å². The fourth-order valence-electron chi connectivity index (χ4n) is 8.88. The highest BCUT2D eigenvalue weighted by atomic mass is 16.3. The molecule has 0 aliphatic rings. The topological polar surface area (TPSA) is 40.8 Å². The predicted octanol–water partition coefficient (Wildman–Crippen LogP) is 12.8. The summed E-state index contributed by atoms with van der Waals surface area (Å²) in [6.45, 7) is 0. The van der Waals surface area contributed by atoms with E-state index in [0.717, 1.165) is 88.9 Å². The number of aromatic nitrogens is 4. The lowest BCUT2D eigenvalue weighted by Crippen LogP contribution is -2.02. The van der Waals surface area contributed by atoms with E-state index in [2.05, 4.69) is 196 Å². The number of para-hydroxylation sites is 8. The van der Waals surface area contributed by atoms with Crippen LogP contribution in [0, 0.1) is 0 Å². The SMILES string of the molecule is c1ccc(-n2c(-c3ccccc3-n3c4ccccc4c4c5c6ccccc6oc5c5c(c6ccccc6n5-c5ccccc5)c43)nc3ccccc32)cc1. The molecule has 0 N–H and O–H groups in total. The Kier molecular flexibility index (Phi) is 5.99. The molecule has 0 bridgehead atoms. The van der Waals surface area contributed by atoms with Crippen LogP contribution in [-0.2, 0) is 0 Å². The van der Waals surface area contributed by atoms with E-state index in [9.17, 15) is 0 Å². The minimum atomic E-state index is 0.875. The summed E-state index contributed by atoms with van der Waals surface area (Å²) in [6, 6.07) is 64.4. The summed E-state index contributed by atoms with van der Waals surface area (Å²) in [6.07, 6.45) is 0. The van der Waals surface area contributed by atoms with Crippen LogP contribution in [0.15, 0.2) is 186 Å². The first kappa shape index (κ1) is 29.2. The summed E-state index contributed by atoms with van der Waals surface area (Å²) in [5.74, 6) is 0.890. The van der Waals surface area contributed by atoms with Gasteiger partial charge in [0.25, 0.3) is 0 Å². The molecule has 0 spiro atoms. The van der Waals surface area contributed by atoms with Crippen LogP contribution in [0.5, 0.6) is 0 Å². The average molecular weight is 691 g/mol. The summed E-state index contributed by atoms with van der Waals surface area (Å²) in [4.78, 5) is 5.36. The summed E-state index contributed by atoms with van der Waals surface area (Å²) >= 11 is 0.